The van der Waals surface area contributed by atoms with Crippen molar-refractivity contribution in [3.63, 3.8) is 0 Å². The van der Waals surface area contributed by atoms with Crippen LogP contribution >= 0.6 is 0 Å². The molecule has 0 aliphatic carbocycles. The average molecular weight is 434 g/mol. The number of morpholine rings is 1. The topological polar surface area (TPSA) is 67.7 Å². The van der Waals surface area contributed by atoms with Crippen molar-refractivity contribution in [2.75, 3.05) is 27.3 Å². The first-order chi connectivity index (χ1) is 15.3. The first-order valence-corrected chi connectivity index (χ1v) is 11.1. The van der Waals surface area contributed by atoms with E-state index in [-0.39, 0.29) is 11.6 Å². The fourth-order valence-corrected chi connectivity index (χ4v) is 4.61. The van der Waals surface area contributed by atoms with Crippen LogP contribution in [0.2, 0.25) is 0 Å². The monoisotopic (exact) mass is 433 g/mol. The van der Waals surface area contributed by atoms with Gasteiger partial charge in [-0.25, -0.2) is 9.50 Å². The molecule has 1 aliphatic rings. The Morgan fingerprint density at radius 2 is 2.06 bits per heavy atom. The lowest BCUT2D eigenvalue weighted by Crippen LogP contribution is -2.51. The molecule has 1 atom stereocenters. The molecule has 7 heteroatoms. The lowest BCUT2D eigenvalue weighted by Gasteiger charge is -2.43. The number of hydrogen-bond acceptors (Lipinski definition) is 5. The van der Waals surface area contributed by atoms with Crippen molar-refractivity contribution in [1.82, 2.24) is 24.5 Å². The molecule has 32 heavy (non-hydrogen) atoms. The summed E-state index contributed by atoms with van der Waals surface area (Å²) in [6.45, 7) is 10.5. The molecular formula is C25H31N5O2. The number of aromatic nitrogens is 4. The van der Waals surface area contributed by atoms with E-state index in [1.807, 2.05) is 12.3 Å². The van der Waals surface area contributed by atoms with E-state index >= 15 is 0 Å². The molecule has 1 aromatic carbocycles. The van der Waals surface area contributed by atoms with Crippen LogP contribution in [0.4, 0.5) is 0 Å². The summed E-state index contributed by atoms with van der Waals surface area (Å²) in [5.74, 6) is 1.04. The molecular weight excluding hydrogens is 402 g/mol. The van der Waals surface area contributed by atoms with Gasteiger partial charge in [-0.2, -0.15) is 5.10 Å². The van der Waals surface area contributed by atoms with Crippen LogP contribution in [0.1, 0.15) is 50.8 Å². The van der Waals surface area contributed by atoms with Gasteiger partial charge < -0.3 is 14.5 Å². The summed E-state index contributed by atoms with van der Waals surface area (Å²) < 4.78 is 13.6. The van der Waals surface area contributed by atoms with Crippen LogP contribution < -0.4 is 4.74 Å². The second kappa shape index (κ2) is 7.60. The standard InChI is InChI=1S/C25H31N5O2/c1-15(2)22-18-9-16(21-12-29(5)25(3,4)13-32-21)7-8-19(18)28-23(22)17-10-20(31-6)24-26-14-27-30(24)11-17/h7-11,14-15,21,28H,12-13H2,1-6H3. The number of ether oxygens (including phenoxy) is 2. The zero-order chi connectivity index (χ0) is 22.6. The maximum Gasteiger partial charge on any atom is 0.197 e. The van der Waals surface area contributed by atoms with Crippen LogP contribution in [0.3, 0.4) is 0 Å². The number of aromatic amines is 1. The Bertz CT molecular complexity index is 1290. The van der Waals surface area contributed by atoms with Gasteiger partial charge in [-0.3, -0.25) is 4.90 Å². The third-order valence-electron chi connectivity index (χ3n) is 6.77. The van der Waals surface area contributed by atoms with Crippen molar-refractivity contribution in [2.24, 2.45) is 0 Å². The van der Waals surface area contributed by atoms with Gasteiger partial charge in [-0.1, -0.05) is 19.9 Å². The van der Waals surface area contributed by atoms with Crippen LogP contribution in [-0.4, -0.2) is 57.3 Å². The van der Waals surface area contributed by atoms with Gasteiger partial charge in [0.1, 0.15) is 6.33 Å². The van der Waals surface area contributed by atoms with Crippen LogP contribution in [0.5, 0.6) is 5.75 Å². The first-order valence-electron chi connectivity index (χ1n) is 11.1. The van der Waals surface area contributed by atoms with E-state index < -0.39 is 0 Å². The summed E-state index contributed by atoms with van der Waals surface area (Å²) in [5, 5.41) is 5.56. The summed E-state index contributed by atoms with van der Waals surface area (Å²) in [6.07, 6.45) is 3.62. The number of H-pyrrole nitrogens is 1. The minimum Gasteiger partial charge on any atom is -0.493 e. The SMILES string of the molecule is COc1cc(-c2[nH]c3ccc(C4CN(C)C(C)(C)CO4)cc3c2C(C)C)cn2ncnc12. The second-order valence-corrected chi connectivity index (χ2v) is 9.69. The minimum absolute atomic E-state index is 0.0595. The highest BCUT2D eigenvalue weighted by molar-refractivity contribution is 5.92. The summed E-state index contributed by atoms with van der Waals surface area (Å²) in [7, 11) is 3.84. The summed E-state index contributed by atoms with van der Waals surface area (Å²) in [4.78, 5) is 10.3. The normalized spacial score (nSPS) is 19.3. The molecule has 5 rings (SSSR count). The number of likely N-dealkylation sites (N-methyl/N-ethyl adjacent to an activating group) is 1. The Morgan fingerprint density at radius 1 is 1.25 bits per heavy atom. The van der Waals surface area contributed by atoms with Crippen molar-refractivity contribution >= 4 is 16.6 Å². The van der Waals surface area contributed by atoms with Gasteiger partial charge in [0.05, 0.1) is 25.5 Å². The van der Waals surface area contributed by atoms with E-state index in [0.29, 0.717) is 17.3 Å². The van der Waals surface area contributed by atoms with Crippen molar-refractivity contribution in [3.8, 4) is 17.0 Å². The molecule has 4 aromatic rings. The number of fused-ring (bicyclic) bond motifs is 2. The number of nitrogens with zero attached hydrogens (tertiary/aromatic N) is 4. The highest BCUT2D eigenvalue weighted by Gasteiger charge is 2.33. The summed E-state index contributed by atoms with van der Waals surface area (Å²) in [5.41, 5.74) is 6.51. The number of nitrogens with one attached hydrogen (secondary N) is 1. The van der Waals surface area contributed by atoms with E-state index in [2.05, 4.69) is 72.9 Å². The summed E-state index contributed by atoms with van der Waals surface area (Å²) >= 11 is 0. The lowest BCUT2D eigenvalue weighted by atomic mass is 9.94. The highest BCUT2D eigenvalue weighted by atomic mass is 16.5. The van der Waals surface area contributed by atoms with E-state index in [1.54, 1.807) is 18.0 Å². The number of hydrogen-bond donors (Lipinski definition) is 1. The van der Waals surface area contributed by atoms with Gasteiger partial charge in [0.2, 0.25) is 0 Å². The Labute approximate surface area is 188 Å². The Hall–Kier alpha value is -2.90. The average Bonchev–Trinajstić information content (AvgIpc) is 3.38. The van der Waals surface area contributed by atoms with Crippen LogP contribution in [-0.2, 0) is 4.74 Å². The molecule has 3 aromatic heterocycles. The van der Waals surface area contributed by atoms with Gasteiger partial charge in [0.15, 0.2) is 11.4 Å². The Morgan fingerprint density at radius 3 is 2.78 bits per heavy atom. The molecule has 0 bridgehead atoms. The molecule has 7 nitrogen and oxygen atoms in total. The van der Waals surface area contributed by atoms with E-state index in [1.165, 1.54) is 16.5 Å². The fourth-order valence-electron chi connectivity index (χ4n) is 4.61. The smallest absolute Gasteiger partial charge is 0.197 e. The van der Waals surface area contributed by atoms with Crippen molar-refractivity contribution in [2.45, 2.75) is 45.3 Å². The molecule has 0 radical (unpaired) electrons. The third-order valence-corrected chi connectivity index (χ3v) is 6.77. The molecule has 1 aliphatic heterocycles. The summed E-state index contributed by atoms with van der Waals surface area (Å²) in [6, 6.07) is 8.69. The number of methoxy groups -OCH3 is 1. The van der Waals surface area contributed by atoms with Crippen molar-refractivity contribution in [3.05, 3.63) is 47.9 Å². The van der Waals surface area contributed by atoms with Gasteiger partial charge in [0.25, 0.3) is 0 Å². The maximum atomic E-state index is 6.27. The Kier molecular flexibility index (Phi) is 4.98. The second-order valence-electron chi connectivity index (χ2n) is 9.69. The molecule has 1 N–H and O–H groups in total. The van der Waals surface area contributed by atoms with Crippen LogP contribution in [0, 0.1) is 0 Å². The molecule has 1 unspecified atom stereocenters. The van der Waals surface area contributed by atoms with Crippen molar-refractivity contribution < 1.29 is 9.47 Å². The van der Waals surface area contributed by atoms with Gasteiger partial charge in [0, 0.05) is 34.7 Å². The number of pyridine rings is 1. The lowest BCUT2D eigenvalue weighted by molar-refractivity contribution is -0.0897. The Balaban J connectivity index is 1.62. The highest BCUT2D eigenvalue weighted by Crippen LogP contribution is 2.39. The van der Waals surface area contributed by atoms with Crippen LogP contribution in [0.15, 0.2) is 36.8 Å². The number of rotatable bonds is 4. The molecule has 4 heterocycles. The third kappa shape index (κ3) is 3.36. The molecule has 1 fully saturated rings. The first kappa shape index (κ1) is 21.0. The fraction of sp³-hybridized carbons (Fsp3) is 0.440. The predicted molar refractivity (Wildman–Crippen MR) is 126 cm³/mol. The zero-order valence-corrected chi connectivity index (χ0v) is 19.6. The van der Waals surface area contributed by atoms with Gasteiger partial charge in [-0.15, -0.1) is 0 Å². The number of benzene rings is 1. The van der Waals surface area contributed by atoms with Crippen LogP contribution in [0.25, 0.3) is 27.8 Å². The maximum absolute atomic E-state index is 6.27. The van der Waals surface area contributed by atoms with Crippen molar-refractivity contribution in [1.29, 1.82) is 0 Å². The van der Waals surface area contributed by atoms with E-state index in [0.717, 1.165) is 29.9 Å². The molecule has 168 valence electrons. The minimum atomic E-state index is 0.0595. The van der Waals surface area contributed by atoms with E-state index in [4.69, 9.17) is 9.47 Å². The molecule has 0 saturated carbocycles. The van der Waals surface area contributed by atoms with Gasteiger partial charge >= 0.3 is 0 Å². The molecule has 0 spiro atoms. The molecule has 0 amide bonds. The van der Waals surface area contributed by atoms with Gasteiger partial charge in [-0.05, 0) is 56.1 Å². The quantitative estimate of drug-likeness (QED) is 0.501. The predicted octanol–water partition coefficient (Wildman–Crippen LogP) is 4.79. The van der Waals surface area contributed by atoms with E-state index in [9.17, 15) is 0 Å². The zero-order valence-electron chi connectivity index (χ0n) is 19.6. The largest absolute Gasteiger partial charge is 0.493 e. The molecule has 1 saturated heterocycles.